The SMILES string of the molecule is BC(B)=C1c2cc(Br)ccc2C[C@]12CC[C@@H](OC)CC2. The van der Waals surface area contributed by atoms with Gasteiger partial charge in [-0.15, -0.1) is 5.37 Å². The van der Waals surface area contributed by atoms with E-state index in [9.17, 15) is 0 Å². The van der Waals surface area contributed by atoms with Gasteiger partial charge in [0.25, 0.3) is 0 Å². The van der Waals surface area contributed by atoms with Crippen LogP contribution in [0, 0.1) is 5.41 Å². The van der Waals surface area contributed by atoms with E-state index in [1.165, 1.54) is 53.1 Å². The maximum absolute atomic E-state index is 5.56. The van der Waals surface area contributed by atoms with Crippen LogP contribution in [0.2, 0.25) is 0 Å². The molecule has 0 amide bonds. The predicted molar refractivity (Wildman–Crippen MR) is 93.6 cm³/mol. The molecule has 1 nitrogen and oxygen atoms in total. The van der Waals surface area contributed by atoms with Gasteiger partial charge < -0.3 is 4.74 Å². The van der Waals surface area contributed by atoms with E-state index in [4.69, 9.17) is 4.74 Å². The molecule has 0 aromatic heterocycles. The van der Waals surface area contributed by atoms with E-state index in [1.54, 1.807) is 5.57 Å². The molecule has 0 heterocycles. The minimum atomic E-state index is 0.372. The Hall–Kier alpha value is -0.470. The Kier molecular flexibility index (Phi) is 3.89. The van der Waals surface area contributed by atoms with Gasteiger partial charge in [-0.3, -0.25) is 0 Å². The maximum atomic E-state index is 5.56. The van der Waals surface area contributed by atoms with Gasteiger partial charge in [0.05, 0.1) is 6.10 Å². The molecule has 1 aromatic carbocycles. The van der Waals surface area contributed by atoms with Gasteiger partial charge in [0.15, 0.2) is 0 Å². The molecule has 4 heteroatoms. The molecule has 0 aliphatic heterocycles. The van der Waals surface area contributed by atoms with Crippen LogP contribution in [0.15, 0.2) is 28.0 Å². The monoisotopic (exact) mass is 330 g/mol. The summed E-state index contributed by atoms with van der Waals surface area (Å²) in [5, 5.41) is 1.48. The molecule has 0 saturated heterocycles. The normalized spacial score (nSPS) is 28.7. The number of fused-ring (bicyclic) bond motifs is 1. The molecule has 1 saturated carbocycles. The lowest BCUT2D eigenvalue weighted by molar-refractivity contribution is 0.0447. The summed E-state index contributed by atoms with van der Waals surface area (Å²) in [6.07, 6.45) is 6.60. The average Bonchev–Trinajstić information content (AvgIpc) is 2.72. The standard InChI is InChI=1S/C16H21B2BrO/c1-20-12-4-6-16(7-5-12)9-10-2-3-11(19)8-13(10)14(16)15(17)18/h2-3,8,12H,4-7,9,17-18H2,1H3/t12-,16-. The minimum absolute atomic E-state index is 0.372. The van der Waals surface area contributed by atoms with E-state index < -0.39 is 0 Å². The molecule has 1 aromatic rings. The number of methoxy groups -OCH3 is 1. The number of ether oxygens (including phenoxy) is 1. The molecule has 2 aliphatic carbocycles. The fraction of sp³-hybridized carbons (Fsp3) is 0.500. The van der Waals surface area contributed by atoms with E-state index in [0.29, 0.717) is 11.5 Å². The third-order valence-corrected chi connectivity index (χ3v) is 5.62. The first-order valence-electron chi connectivity index (χ1n) is 7.55. The highest BCUT2D eigenvalue weighted by molar-refractivity contribution is 9.10. The van der Waals surface area contributed by atoms with Crippen molar-refractivity contribution in [2.45, 2.75) is 38.2 Å². The molecule has 0 N–H and O–H groups in total. The molecule has 2 aliphatic rings. The van der Waals surface area contributed by atoms with E-state index in [-0.39, 0.29) is 0 Å². The van der Waals surface area contributed by atoms with Crippen LogP contribution in [0.3, 0.4) is 0 Å². The highest BCUT2D eigenvalue weighted by atomic mass is 79.9. The number of allylic oxidation sites excluding steroid dienone is 1. The smallest absolute Gasteiger partial charge is 0.122 e. The zero-order valence-electron chi connectivity index (χ0n) is 12.6. The van der Waals surface area contributed by atoms with Crippen LogP contribution < -0.4 is 0 Å². The Balaban J connectivity index is 2.01. The zero-order chi connectivity index (χ0) is 14.3. The summed E-state index contributed by atoms with van der Waals surface area (Å²) >= 11 is 3.63. The first kappa shape index (κ1) is 14.5. The summed E-state index contributed by atoms with van der Waals surface area (Å²) in [5.41, 5.74) is 5.00. The Morgan fingerprint density at radius 1 is 1.30 bits per heavy atom. The van der Waals surface area contributed by atoms with Crippen molar-refractivity contribution in [3.8, 4) is 0 Å². The van der Waals surface area contributed by atoms with Gasteiger partial charge >= 0.3 is 0 Å². The number of halogens is 1. The third kappa shape index (κ3) is 2.31. The van der Waals surface area contributed by atoms with Gasteiger partial charge in [0, 0.05) is 11.6 Å². The minimum Gasteiger partial charge on any atom is -0.381 e. The Morgan fingerprint density at radius 2 is 2.00 bits per heavy atom. The lowest BCUT2D eigenvalue weighted by Gasteiger charge is -2.39. The second kappa shape index (κ2) is 5.38. The number of hydrogen-bond donors (Lipinski definition) is 0. The van der Waals surface area contributed by atoms with Gasteiger partial charge in [0.1, 0.15) is 15.7 Å². The summed E-state index contributed by atoms with van der Waals surface area (Å²) in [4.78, 5) is 0. The molecular formula is C16H21B2BrO. The highest BCUT2D eigenvalue weighted by Crippen LogP contribution is 2.55. The van der Waals surface area contributed by atoms with Crippen molar-refractivity contribution in [3.05, 3.63) is 39.2 Å². The molecule has 20 heavy (non-hydrogen) atoms. The average molecular weight is 331 g/mol. The largest absolute Gasteiger partial charge is 0.381 e. The first-order chi connectivity index (χ1) is 9.55. The fourth-order valence-corrected chi connectivity index (χ4v) is 4.64. The van der Waals surface area contributed by atoms with Gasteiger partial charge in [-0.05, 0) is 60.8 Å². The molecule has 3 rings (SSSR count). The lowest BCUT2D eigenvalue weighted by atomic mass is 9.62. The zero-order valence-corrected chi connectivity index (χ0v) is 14.2. The predicted octanol–water partition coefficient (Wildman–Crippen LogP) is 2.52. The van der Waals surface area contributed by atoms with Crippen LogP contribution >= 0.6 is 15.9 Å². The van der Waals surface area contributed by atoms with Crippen LogP contribution in [0.1, 0.15) is 36.8 Å². The van der Waals surface area contributed by atoms with Crippen molar-refractivity contribution in [1.29, 1.82) is 0 Å². The van der Waals surface area contributed by atoms with E-state index in [2.05, 4.69) is 49.8 Å². The molecule has 1 fully saturated rings. The quantitative estimate of drug-likeness (QED) is 0.719. The van der Waals surface area contributed by atoms with Crippen molar-refractivity contribution >= 4 is 37.2 Å². The van der Waals surface area contributed by atoms with Crippen molar-refractivity contribution < 1.29 is 4.74 Å². The maximum Gasteiger partial charge on any atom is 0.122 e. The molecule has 0 unspecified atom stereocenters. The van der Waals surface area contributed by atoms with Gasteiger partial charge in [0.2, 0.25) is 0 Å². The van der Waals surface area contributed by atoms with Gasteiger partial charge in [-0.25, -0.2) is 0 Å². The summed E-state index contributed by atoms with van der Waals surface area (Å²) < 4.78 is 6.75. The molecule has 0 atom stereocenters. The van der Waals surface area contributed by atoms with Crippen LogP contribution in [0.4, 0.5) is 0 Å². The summed E-state index contributed by atoms with van der Waals surface area (Å²) in [6.45, 7) is 0. The van der Waals surface area contributed by atoms with E-state index >= 15 is 0 Å². The number of hydrogen-bond acceptors (Lipinski definition) is 1. The number of benzene rings is 1. The third-order valence-electron chi connectivity index (χ3n) is 5.12. The van der Waals surface area contributed by atoms with Crippen LogP contribution in [-0.2, 0) is 11.2 Å². The second-order valence-corrected chi connectivity index (χ2v) is 7.48. The van der Waals surface area contributed by atoms with E-state index in [1.807, 2.05) is 7.11 Å². The van der Waals surface area contributed by atoms with Crippen molar-refractivity contribution in [2.24, 2.45) is 5.41 Å². The summed E-state index contributed by atoms with van der Waals surface area (Å²) in [7, 11) is 6.40. The second-order valence-electron chi connectivity index (χ2n) is 6.57. The Morgan fingerprint density at radius 3 is 2.60 bits per heavy atom. The van der Waals surface area contributed by atoms with Crippen molar-refractivity contribution in [2.75, 3.05) is 7.11 Å². The first-order valence-corrected chi connectivity index (χ1v) is 8.34. The summed E-state index contributed by atoms with van der Waals surface area (Å²) in [5.74, 6) is 0. The van der Waals surface area contributed by atoms with Crippen molar-refractivity contribution in [3.63, 3.8) is 0 Å². The fourth-order valence-electron chi connectivity index (χ4n) is 4.28. The molecule has 0 bridgehead atoms. The Bertz CT molecular complexity index is 556. The van der Waals surface area contributed by atoms with Crippen molar-refractivity contribution in [1.82, 2.24) is 0 Å². The topological polar surface area (TPSA) is 9.23 Å². The van der Waals surface area contributed by atoms with Gasteiger partial charge in [-0.1, -0.05) is 27.6 Å². The molecular weight excluding hydrogens is 310 g/mol. The van der Waals surface area contributed by atoms with Crippen LogP contribution in [0.25, 0.3) is 5.57 Å². The Labute approximate surface area is 132 Å². The summed E-state index contributed by atoms with van der Waals surface area (Å²) in [6, 6.07) is 6.80. The van der Waals surface area contributed by atoms with E-state index in [0.717, 1.165) is 0 Å². The number of rotatable bonds is 1. The van der Waals surface area contributed by atoms with Crippen LogP contribution in [-0.4, -0.2) is 28.9 Å². The van der Waals surface area contributed by atoms with Gasteiger partial charge in [-0.2, -0.15) is 0 Å². The van der Waals surface area contributed by atoms with Crippen LogP contribution in [0.5, 0.6) is 0 Å². The lowest BCUT2D eigenvalue weighted by Crippen LogP contribution is -2.31. The molecule has 1 spiro atoms. The molecule has 104 valence electrons. The highest BCUT2D eigenvalue weighted by Gasteiger charge is 2.44. The molecule has 0 radical (unpaired) electrons.